The summed E-state index contributed by atoms with van der Waals surface area (Å²) in [6.07, 6.45) is 0. The third-order valence-corrected chi connectivity index (χ3v) is 2.37. The van der Waals surface area contributed by atoms with Crippen molar-refractivity contribution >= 4 is 0 Å². The minimum absolute atomic E-state index is 0.252. The van der Waals surface area contributed by atoms with E-state index in [1.165, 1.54) is 11.1 Å². The minimum Gasteiger partial charge on any atom is -0.313 e. The van der Waals surface area contributed by atoms with Crippen LogP contribution in [0.4, 0.5) is 0 Å². The Labute approximate surface area is 87.5 Å². The van der Waals surface area contributed by atoms with Crippen LogP contribution < -0.4 is 5.32 Å². The first kappa shape index (κ1) is 11.3. The Bertz CT molecular complexity index is 284. The molecule has 0 atom stereocenters. The Hall–Kier alpha value is -0.820. The summed E-state index contributed by atoms with van der Waals surface area (Å²) in [5.41, 5.74) is 3.04. The van der Waals surface area contributed by atoms with Crippen molar-refractivity contribution < 1.29 is 0 Å². The first-order valence-corrected chi connectivity index (χ1v) is 5.34. The van der Waals surface area contributed by atoms with Gasteiger partial charge >= 0.3 is 0 Å². The lowest BCUT2D eigenvalue weighted by atomic mass is 9.86. The third kappa shape index (κ3) is 3.15. The summed E-state index contributed by atoms with van der Waals surface area (Å²) >= 11 is 0. The lowest BCUT2D eigenvalue weighted by molar-refractivity contribution is 0.588. The smallest absolute Gasteiger partial charge is 0.0205 e. The second kappa shape index (κ2) is 4.61. The zero-order chi connectivity index (χ0) is 10.6. The maximum absolute atomic E-state index is 3.34. The highest BCUT2D eigenvalue weighted by atomic mass is 14.8. The summed E-state index contributed by atoms with van der Waals surface area (Å²) in [4.78, 5) is 0. The Morgan fingerprint density at radius 3 is 2.50 bits per heavy atom. The molecule has 0 saturated heterocycles. The topological polar surface area (TPSA) is 12.0 Å². The van der Waals surface area contributed by atoms with Gasteiger partial charge in [0.25, 0.3) is 0 Å². The molecule has 0 aliphatic carbocycles. The molecule has 0 bridgehead atoms. The maximum atomic E-state index is 3.34. The molecular formula is C13H21N. The Morgan fingerprint density at radius 1 is 1.21 bits per heavy atom. The standard InChI is InChI=1S/C13H21N/c1-5-14-10-11-7-6-8-12(9-11)13(2,3)4/h6-9,14H,5,10H2,1-4H3. The number of nitrogens with one attached hydrogen (secondary N) is 1. The minimum atomic E-state index is 0.252. The summed E-state index contributed by atoms with van der Waals surface area (Å²) in [6, 6.07) is 8.82. The maximum Gasteiger partial charge on any atom is 0.0205 e. The molecule has 0 aliphatic rings. The second-order valence-corrected chi connectivity index (χ2v) is 4.73. The van der Waals surface area contributed by atoms with Crippen molar-refractivity contribution in [3.05, 3.63) is 35.4 Å². The molecule has 1 aromatic carbocycles. The molecule has 0 radical (unpaired) electrons. The SMILES string of the molecule is CCNCc1cccc(C(C)(C)C)c1. The normalized spacial score (nSPS) is 11.7. The van der Waals surface area contributed by atoms with Gasteiger partial charge in [-0.3, -0.25) is 0 Å². The molecule has 0 aliphatic heterocycles. The quantitative estimate of drug-likeness (QED) is 0.774. The average Bonchev–Trinajstić information content (AvgIpc) is 2.14. The van der Waals surface area contributed by atoms with Gasteiger partial charge in [0.2, 0.25) is 0 Å². The Balaban J connectivity index is 2.79. The number of rotatable bonds is 3. The van der Waals surface area contributed by atoms with E-state index in [4.69, 9.17) is 0 Å². The fourth-order valence-corrected chi connectivity index (χ4v) is 1.42. The van der Waals surface area contributed by atoms with E-state index in [0.717, 1.165) is 13.1 Å². The van der Waals surface area contributed by atoms with Crippen molar-refractivity contribution in [2.45, 2.75) is 39.7 Å². The van der Waals surface area contributed by atoms with Crippen molar-refractivity contribution in [2.24, 2.45) is 0 Å². The highest BCUT2D eigenvalue weighted by Gasteiger charge is 2.13. The molecule has 0 unspecified atom stereocenters. The Morgan fingerprint density at radius 2 is 1.93 bits per heavy atom. The fourth-order valence-electron chi connectivity index (χ4n) is 1.42. The van der Waals surface area contributed by atoms with Crippen molar-refractivity contribution in [1.29, 1.82) is 0 Å². The van der Waals surface area contributed by atoms with E-state index in [-0.39, 0.29) is 5.41 Å². The molecule has 1 nitrogen and oxygen atoms in total. The molecule has 0 spiro atoms. The van der Waals surface area contributed by atoms with Gasteiger partial charge in [0, 0.05) is 6.54 Å². The van der Waals surface area contributed by atoms with Crippen LogP contribution in [0.2, 0.25) is 0 Å². The van der Waals surface area contributed by atoms with E-state index in [0.29, 0.717) is 0 Å². The summed E-state index contributed by atoms with van der Waals surface area (Å²) in [7, 11) is 0. The zero-order valence-electron chi connectivity index (χ0n) is 9.72. The van der Waals surface area contributed by atoms with E-state index < -0.39 is 0 Å². The molecule has 1 N–H and O–H groups in total. The number of hydrogen-bond acceptors (Lipinski definition) is 1. The molecule has 0 fully saturated rings. The zero-order valence-corrected chi connectivity index (χ0v) is 9.72. The van der Waals surface area contributed by atoms with Gasteiger partial charge in [-0.1, -0.05) is 52.0 Å². The molecule has 1 aromatic rings. The first-order chi connectivity index (χ1) is 6.54. The fraction of sp³-hybridized carbons (Fsp3) is 0.538. The van der Waals surface area contributed by atoms with Crippen LogP contribution in [0.3, 0.4) is 0 Å². The lowest BCUT2D eigenvalue weighted by Crippen LogP contribution is -2.14. The molecule has 0 heterocycles. The van der Waals surface area contributed by atoms with Crippen molar-refractivity contribution in [2.75, 3.05) is 6.54 Å². The first-order valence-electron chi connectivity index (χ1n) is 5.34. The number of hydrogen-bond donors (Lipinski definition) is 1. The highest BCUT2D eigenvalue weighted by molar-refractivity contribution is 5.28. The van der Waals surface area contributed by atoms with Gasteiger partial charge in [0.15, 0.2) is 0 Å². The van der Waals surface area contributed by atoms with Crippen LogP contribution in [0.15, 0.2) is 24.3 Å². The van der Waals surface area contributed by atoms with Crippen molar-refractivity contribution in [3.63, 3.8) is 0 Å². The highest BCUT2D eigenvalue weighted by Crippen LogP contribution is 2.22. The van der Waals surface area contributed by atoms with Gasteiger partial charge < -0.3 is 5.32 Å². The van der Waals surface area contributed by atoms with Gasteiger partial charge in [0.1, 0.15) is 0 Å². The van der Waals surface area contributed by atoms with Crippen LogP contribution in [0.25, 0.3) is 0 Å². The summed E-state index contributed by atoms with van der Waals surface area (Å²) < 4.78 is 0. The predicted molar refractivity (Wildman–Crippen MR) is 62.5 cm³/mol. The van der Waals surface area contributed by atoms with Gasteiger partial charge in [-0.2, -0.15) is 0 Å². The average molecular weight is 191 g/mol. The molecular weight excluding hydrogens is 170 g/mol. The van der Waals surface area contributed by atoms with Gasteiger partial charge in [0.05, 0.1) is 0 Å². The summed E-state index contributed by atoms with van der Waals surface area (Å²) in [6.45, 7) is 10.9. The van der Waals surface area contributed by atoms with E-state index in [1.54, 1.807) is 0 Å². The molecule has 0 saturated carbocycles. The molecule has 0 aromatic heterocycles. The van der Waals surface area contributed by atoms with Crippen LogP contribution in [0, 0.1) is 0 Å². The largest absolute Gasteiger partial charge is 0.313 e. The van der Waals surface area contributed by atoms with E-state index in [9.17, 15) is 0 Å². The van der Waals surface area contributed by atoms with Gasteiger partial charge in [-0.05, 0) is 23.1 Å². The molecule has 78 valence electrons. The van der Waals surface area contributed by atoms with Gasteiger partial charge in [-0.25, -0.2) is 0 Å². The molecule has 1 rings (SSSR count). The summed E-state index contributed by atoms with van der Waals surface area (Å²) in [5.74, 6) is 0. The van der Waals surface area contributed by atoms with Crippen molar-refractivity contribution in [1.82, 2.24) is 5.32 Å². The monoisotopic (exact) mass is 191 g/mol. The Kier molecular flexibility index (Phi) is 3.70. The van der Waals surface area contributed by atoms with Gasteiger partial charge in [-0.15, -0.1) is 0 Å². The van der Waals surface area contributed by atoms with E-state index in [1.807, 2.05) is 0 Å². The van der Waals surface area contributed by atoms with Crippen LogP contribution in [-0.4, -0.2) is 6.54 Å². The van der Waals surface area contributed by atoms with E-state index >= 15 is 0 Å². The molecule has 1 heteroatoms. The van der Waals surface area contributed by atoms with Crippen molar-refractivity contribution in [3.8, 4) is 0 Å². The molecule has 14 heavy (non-hydrogen) atoms. The molecule has 0 amide bonds. The predicted octanol–water partition coefficient (Wildman–Crippen LogP) is 3.09. The second-order valence-electron chi connectivity index (χ2n) is 4.73. The third-order valence-electron chi connectivity index (χ3n) is 2.37. The van der Waals surface area contributed by atoms with Crippen LogP contribution >= 0.6 is 0 Å². The van der Waals surface area contributed by atoms with Crippen LogP contribution in [0.5, 0.6) is 0 Å². The summed E-state index contributed by atoms with van der Waals surface area (Å²) in [5, 5.41) is 3.34. The van der Waals surface area contributed by atoms with Crippen LogP contribution in [-0.2, 0) is 12.0 Å². The van der Waals surface area contributed by atoms with Crippen LogP contribution in [0.1, 0.15) is 38.8 Å². The number of benzene rings is 1. The van der Waals surface area contributed by atoms with E-state index in [2.05, 4.69) is 57.3 Å². The lowest BCUT2D eigenvalue weighted by Gasteiger charge is -2.19.